The zero-order valence-corrected chi connectivity index (χ0v) is 21.1. The van der Waals surface area contributed by atoms with E-state index in [1.165, 1.54) is 0 Å². The summed E-state index contributed by atoms with van der Waals surface area (Å²) in [4.78, 5) is 15.8. The number of benzene rings is 1. The van der Waals surface area contributed by atoms with Crippen LogP contribution in [0.4, 0.5) is 4.79 Å². The highest BCUT2D eigenvalue weighted by atomic mass is 127. The monoisotopic (exact) mass is 572 g/mol. The van der Waals surface area contributed by atoms with Crippen LogP contribution in [-0.4, -0.2) is 52.0 Å². The van der Waals surface area contributed by atoms with E-state index >= 15 is 0 Å². The maximum atomic E-state index is 11.6. The molecular formula is C18H30BrIN4O4. The number of amides is 1. The third-order valence-corrected chi connectivity index (χ3v) is 3.85. The number of ether oxygens (including phenoxy) is 3. The Morgan fingerprint density at radius 2 is 1.75 bits per heavy atom. The number of halogens is 2. The molecule has 0 aromatic heterocycles. The van der Waals surface area contributed by atoms with Crippen molar-refractivity contribution in [3.05, 3.63) is 22.2 Å². The molecule has 0 fully saturated rings. The van der Waals surface area contributed by atoms with Gasteiger partial charge in [-0.15, -0.1) is 24.0 Å². The van der Waals surface area contributed by atoms with E-state index < -0.39 is 11.7 Å². The molecule has 1 rings (SSSR count). The Bertz CT molecular complexity index is 666. The van der Waals surface area contributed by atoms with Gasteiger partial charge < -0.3 is 30.2 Å². The first-order valence-corrected chi connectivity index (χ1v) is 9.31. The maximum absolute atomic E-state index is 11.6. The van der Waals surface area contributed by atoms with Gasteiger partial charge in [0.25, 0.3) is 0 Å². The van der Waals surface area contributed by atoms with Crippen LogP contribution >= 0.6 is 39.9 Å². The van der Waals surface area contributed by atoms with Crippen LogP contribution in [0.5, 0.6) is 11.5 Å². The second-order valence-corrected chi connectivity index (χ2v) is 7.45. The molecule has 0 aliphatic carbocycles. The molecule has 0 aliphatic heterocycles. The Kier molecular flexibility index (Phi) is 12.3. The Hall–Kier alpha value is -1.43. The first-order chi connectivity index (χ1) is 12.7. The molecular weight excluding hydrogens is 543 g/mol. The molecule has 3 N–H and O–H groups in total. The van der Waals surface area contributed by atoms with Crippen molar-refractivity contribution in [2.45, 2.75) is 32.9 Å². The van der Waals surface area contributed by atoms with E-state index in [2.05, 4.69) is 36.9 Å². The minimum absolute atomic E-state index is 0. The topological polar surface area (TPSA) is 93.2 Å². The van der Waals surface area contributed by atoms with Crippen LogP contribution in [0.15, 0.2) is 21.6 Å². The van der Waals surface area contributed by atoms with E-state index in [4.69, 9.17) is 14.2 Å². The largest absolute Gasteiger partial charge is 0.493 e. The molecule has 0 saturated heterocycles. The second kappa shape index (κ2) is 12.9. The number of methoxy groups -OCH3 is 2. The van der Waals surface area contributed by atoms with E-state index in [9.17, 15) is 4.79 Å². The number of aliphatic imine (C=N–C) groups is 1. The molecule has 28 heavy (non-hydrogen) atoms. The van der Waals surface area contributed by atoms with E-state index in [1.807, 2.05) is 32.9 Å². The lowest BCUT2D eigenvalue weighted by molar-refractivity contribution is 0.0529. The SMILES string of the molecule is CN=C(NCCNC(=O)OC(C)(C)C)NCc1cc(Br)c(OC)c(OC)c1.I. The van der Waals surface area contributed by atoms with Crippen molar-refractivity contribution in [3.8, 4) is 11.5 Å². The molecule has 0 saturated carbocycles. The fraction of sp³-hybridized carbons (Fsp3) is 0.556. The van der Waals surface area contributed by atoms with Gasteiger partial charge in [0, 0.05) is 26.7 Å². The normalized spacial score (nSPS) is 11.2. The van der Waals surface area contributed by atoms with Crippen molar-refractivity contribution in [3.63, 3.8) is 0 Å². The third-order valence-electron chi connectivity index (χ3n) is 3.26. The summed E-state index contributed by atoms with van der Waals surface area (Å²) < 4.78 is 16.6. The molecule has 0 spiro atoms. The minimum Gasteiger partial charge on any atom is -0.493 e. The molecule has 0 aliphatic rings. The molecule has 8 nitrogen and oxygen atoms in total. The Balaban J connectivity index is 0.00000729. The predicted molar refractivity (Wildman–Crippen MR) is 125 cm³/mol. The van der Waals surface area contributed by atoms with Crippen molar-refractivity contribution in [2.75, 3.05) is 34.4 Å². The van der Waals surface area contributed by atoms with Crippen molar-refractivity contribution >= 4 is 52.0 Å². The molecule has 1 aromatic carbocycles. The smallest absolute Gasteiger partial charge is 0.407 e. The molecule has 0 bridgehead atoms. The number of carbonyl (C=O) groups is 1. The van der Waals surface area contributed by atoms with E-state index in [0.717, 1.165) is 10.0 Å². The lowest BCUT2D eigenvalue weighted by atomic mass is 10.2. The van der Waals surface area contributed by atoms with Gasteiger partial charge in [-0.25, -0.2) is 4.79 Å². The highest BCUT2D eigenvalue weighted by Crippen LogP contribution is 2.36. The lowest BCUT2D eigenvalue weighted by Crippen LogP contribution is -2.42. The third kappa shape index (κ3) is 9.67. The van der Waals surface area contributed by atoms with Crippen molar-refractivity contribution in [1.29, 1.82) is 0 Å². The van der Waals surface area contributed by atoms with E-state index in [1.54, 1.807) is 21.3 Å². The van der Waals surface area contributed by atoms with Crippen LogP contribution in [0.3, 0.4) is 0 Å². The van der Waals surface area contributed by atoms with Crippen molar-refractivity contribution < 1.29 is 19.0 Å². The maximum Gasteiger partial charge on any atom is 0.407 e. The molecule has 0 heterocycles. The molecule has 0 radical (unpaired) electrons. The Morgan fingerprint density at radius 3 is 2.29 bits per heavy atom. The first-order valence-electron chi connectivity index (χ1n) is 8.52. The van der Waals surface area contributed by atoms with E-state index in [0.29, 0.717) is 37.1 Å². The second-order valence-electron chi connectivity index (χ2n) is 6.59. The number of carbonyl (C=O) groups excluding carboxylic acids is 1. The Labute approximate surface area is 192 Å². The van der Waals surface area contributed by atoms with Crippen LogP contribution in [0.2, 0.25) is 0 Å². The molecule has 1 aromatic rings. The highest BCUT2D eigenvalue weighted by Gasteiger charge is 2.15. The zero-order valence-electron chi connectivity index (χ0n) is 17.1. The number of guanidine groups is 1. The summed E-state index contributed by atoms with van der Waals surface area (Å²) in [6.07, 6.45) is -0.442. The highest BCUT2D eigenvalue weighted by molar-refractivity contribution is 14.0. The van der Waals surface area contributed by atoms with Crippen LogP contribution in [0.25, 0.3) is 0 Å². The Morgan fingerprint density at radius 1 is 1.11 bits per heavy atom. The number of nitrogens with zero attached hydrogens (tertiary/aromatic N) is 1. The number of alkyl carbamates (subject to hydrolysis) is 1. The van der Waals surface area contributed by atoms with Crippen LogP contribution < -0.4 is 25.4 Å². The van der Waals surface area contributed by atoms with Gasteiger partial charge in [-0.05, 0) is 54.4 Å². The molecule has 0 unspecified atom stereocenters. The predicted octanol–water partition coefficient (Wildman–Crippen LogP) is 3.27. The summed E-state index contributed by atoms with van der Waals surface area (Å²) in [5.74, 6) is 1.91. The molecule has 160 valence electrons. The lowest BCUT2D eigenvalue weighted by Gasteiger charge is -2.20. The summed E-state index contributed by atoms with van der Waals surface area (Å²) >= 11 is 3.48. The average molecular weight is 573 g/mol. The van der Waals surface area contributed by atoms with Gasteiger partial charge in [-0.3, -0.25) is 4.99 Å². The van der Waals surface area contributed by atoms with Crippen molar-refractivity contribution in [2.24, 2.45) is 4.99 Å². The number of rotatable bonds is 7. The summed E-state index contributed by atoms with van der Waals surface area (Å²) in [5, 5.41) is 9.01. The fourth-order valence-corrected chi connectivity index (χ4v) is 2.79. The minimum atomic E-state index is -0.511. The van der Waals surface area contributed by atoms with Gasteiger partial charge in [0.15, 0.2) is 17.5 Å². The van der Waals surface area contributed by atoms with Gasteiger partial charge in [0.2, 0.25) is 0 Å². The standard InChI is InChI=1S/C18H29BrN4O4.HI/c1-18(2,3)27-17(24)22-8-7-21-16(20-4)23-11-12-9-13(19)15(26-6)14(10-12)25-5;/h9-10H,7-8,11H2,1-6H3,(H,22,24)(H2,20,21,23);1H. The summed E-state index contributed by atoms with van der Waals surface area (Å²) in [7, 11) is 4.87. The summed E-state index contributed by atoms with van der Waals surface area (Å²) in [6, 6.07) is 3.85. The number of hydrogen-bond donors (Lipinski definition) is 3. The number of hydrogen-bond acceptors (Lipinski definition) is 5. The first kappa shape index (κ1) is 26.6. The quantitative estimate of drug-likeness (QED) is 0.201. The van der Waals surface area contributed by atoms with Crippen LogP contribution in [0.1, 0.15) is 26.3 Å². The number of nitrogens with one attached hydrogen (secondary N) is 3. The van der Waals surface area contributed by atoms with Crippen molar-refractivity contribution in [1.82, 2.24) is 16.0 Å². The zero-order chi connectivity index (χ0) is 20.4. The summed E-state index contributed by atoms with van der Waals surface area (Å²) in [6.45, 7) is 6.93. The van der Waals surface area contributed by atoms with Gasteiger partial charge in [-0.2, -0.15) is 0 Å². The average Bonchev–Trinajstić information content (AvgIpc) is 2.59. The fourth-order valence-electron chi connectivity index (χ4n) is 2.14. The van der Waals surface area contributed by atoms with Gasteiger partial charge in [-0.1, -0.05) is 0 Å². The van der Waals surface area contributed by atoms with Crippen LogP contribution in [-0.2, 0) is 11.3 Å². The van der Waals surface area contributed by atoms with Gasteiger partial charge in [0.1, 0.15) is 5.60 Å². The van der Waals surface area contributed by atoms with Gasteiger partial charge in [0.05, 0.1) is 18.7 Å². The summed E-state index contributed by atoms with van der Waals surface area (Å²) in [5.41, 5.74) is 0.484. The van der Waals surface area contributed by atoms with Gasteiger partial charge >= 0.3 is 6.09 Å². The molecule has 10 heteroatoms. The molecule has 0 atom stereocenters. The molecule has 1 amide bonds. The van der Waals surface area contributed by atoms with E-state index in [-0.39, 0.29) is 24.0 Å². The van der Waals surface area contributed by atoms with Crippen LogP contribution in [0, 0.1) is 0 Å².